The molecule has 1 saturated heterocycles. The predicted octanol–water partition coefficient (Wildman–Crippen LogP) is 7.73. The number of aryl methyl sites for hydroxylation is 1. The van der Waals surface area contributed by atoms with Crippen LogP contribution in [0.15, 0.2) is 60.0 Å². The van der Waals surface area contributed by atoms with E-state index in [1.807, 2.05) is 62.9 Å². The van der Waals surface area contributed by atoms with Gasteiger partial charge in [-0.05, 0) is 55.2 Å². The summed E-state index contributed by atoms with van der Waals surface area (Å²) < 4.78 is 56.8. The average Bonchev–Trinajstić information content (AvgIpc) is 3.67. The molecule has 0 saturated carbocycles. The molecule has 2 aliphatic rings. The molecule has 1 unspecified atom stereocenters. The van der Waals surface area contributed by atoms with Crippen LogP contribution in [0.25, 0.3) is 16.9 Å². The van der Waals surface area contributed by atoms with Gasteiger partial charge >= 0.3 is 12.1 Å². The number of hydrogen-bond acceptors (Lipinski definition) is 7. The normalized spacial score (nSPS) is 16.4. The molecule has 0 bridgehead atoms. The number of halogens is 4. The van der Waals surface area contributed by atoms with Crippen molar-refractivity contribution in [2.45, 2.75) is 91.0 Å². The van der Waals surface area contributed by atoms with E-state index in [4.69, 9.17) is 9.97 Å². The Kier molecular flexibility index (Phi) is 12.6. The van der Waals surface area contributed by atoms with Crippen molar-refractivity contribution >= 4 is 34.3 Å². The molecule has 1 aliphatic carbocycles. The highest BCUT2D eigenvalue weighted by atomic mass is 19.4. The van der Waals surface area contributed by atoms with E-state index < -0.39 is 24.3 Å². The summed E-state index contributed by atoms with van der Waals surface area (Å²) >= 11 is 0. The summed E-state index contributed by atoms with van der Waals surface area (Å²) in [5, 5.41) is 3.54. The molecule has 4 heterocycles. The van der Waals surface area contributed by atoms with Gasteiger partial charge in [-0.1, -0.05) is 46.8 Å². The van der Waals surface area contributed by atoms with Crippen LogP contribution in [0.5, 0.6) is 0 Å². The van der Waals surface area contributed by atoms with Crippen LogP contribution in [0.2, 0.25) is 0 Å². The first kappa shape index (κ1) is 39.0. The number of rotatable bonds is 9. The summed E-state index contributed by atoms with van der Waals surface area (Å²) in [6, 6.07) is 11.3. The molecule has 10 nitrogen and oxygen atoms in total. The van der Waals surface area contributed by atoms with E-state index in [2.05, 4.69) is 29.9 Å². The maximum absolute atomic E-state index is 15.3. The number of carbonyl (C=O) groups is 1. The molecular formula is C37H48F4N8O2. The van der Waals surface area contributed by atoms with Gasteiger partial charge in [0.1, 0.15) is 11.1 Å². The van der Waals surface area contributed by atoms with Crippen LogP contribution in [0.3, 0.4) is 0 Å². The van der Waals surface area contributed by atoms with Crippen LogP contribution in [0, 0.1) is 0 Å². The SMILES string of the molecule is C=CCn1c(=O)c2cnc(Nc3ccc(N4CCC(F)(CN(C)C(=O)C(F)(F)F)CC4)cc3)nc2n1-c1ccc2c(n1)C(CC)CC2.CC.CC. The highest BCUT2D eigenvalue weighted by Crippen LogP contribution is 2.35. The van der Waals surface area contributed by atoms with Crippen molar-refractivity contribution < 1.29 is 22.4 Å². The molecule has 1 aliphatic heterocycles. The van der Waals surface area contributed by atoms with Crippen LogP contribution in [0.4, 0.5) is 34.9 Å². The molecule has 6 rings (SSSR count). The zero-order chi connectivity index (χ0) is 37.5. The number of amides is 1. The van der Waals surface area contributed by atoms with Gasteiger partial charge in [-0.2, -0.15) is 18.2 Å². The highest BCUT2D eigenvalue weighted by Gasteiger charge is 2.45. The molecule has 1 aromatic carbocycles. The van der Waals surface area contributed by atoms with Crippen molar-refractivity contribution in [1.29, 1.82) is 0 Å². The number of allylic oxidation sites excluding steroid dienone is 1. The van der Waals surface area contributed by atoms with Crippen LogP contribution in [-0.4, -0.2) is 73.6 Å². The van der Waals surface area contributed by atoms with Crippen LogP contribution in [0.1, 0.15) is 77.5 Å². The lowest BCUT2D eigenvalue weighted by Crippen LogP contribution is -2.51. The number of carbonyl (C=O) groups excluding carboxylic acids is 1. The number of piperidine rings is 1. The van der Waals surface area contributed by atoms with Crippen LogP contribution >= 0.6 is 0 Å². The maximum atomic E-state index is 15.3. The predicted molar refractivity (Wildman–Crippen MR) is 194 cm³/mol. The average molecular weight is 713 g/mol. The largest absolute Gasteiger partial charge is 0.471 e. The van der Waals surface area contributed by atoms with E-state index in [-0.39, 0.29) is 44.0 Å². The third kappa shape index (κ3) is 8.42. The first-order chi connectivity index (χ1) is 24.4. The third-order valence-corrected chi connectivity index (χ3v) is 9.09. The van der Waals surface area contributed by atoms with E-state index in [1.165, 1.54) is 11.8 Å². The van der Waals surface area contributed by atoms with Gasteiger partial charge in [0, 0.05) is 62.2 Å². The number of benzene rings is 1. The fraction of sp³-hybridized carbons (Fsp3) is 0.486. The fourth-order valence-corrected chi connectivity index (χ4v) is 6.57. The van der Waals surface area contributed by atoms with Gasteiger partial charge in [0.15, 0.2) is 11.5 Å². The Morgan fingerprint density at radius 2 is 1.75 bits per heavy atom. The van der Waals surface area contributed by atoms with Gasteiger partial charge < -0.3 is 15.1 Å². The monoisotopic (exact) mass is 712 g/mol. The molecule has 1 amide bonds. The van der Waals surface area contributed by atoms with Gasteiger partial charge in [-0.3, -0.25) is 9.59 Å². The lowest BCUT2D eigenvalue weighted by molar-refractivity contribution is -0.185. The van der Waals surface area contributed by atoms with Gasteiger partial charge in [0.25, 0.3) is 5.56 Å². The van der Waals surface area contributed by atoms with Gasteiger partial charge in [0.2, 0.25) is 5.95 Å². The van der Waals surface area contributed by atoms with Crippen molar-refractivity contribution in [3.8, 4) is 5.82 Å². The summed E-state index contributed by atoms with van der Waals surface area (Å²) in [7, 11) is 0.970. The molecule has 1 atom stereocenters. The lowest BCUT2D eigenvalue weighted by atomic mass is 9.92. The van der Waals surface area contributed by atoms with Crippen LogP contribution < -0.4 is 15.8 Å². The second-order valence-electron chi connectivity index (χ2n) is 12.2. The molecule has 51 heavy (non-hydrogen) atoms. The van der Waals surface area contributed by atoms with Crippen molar-refractivity contribution in [2.24, 2.45) is 0 Å². The van der Waals surface area contributed by atoms with Crippen molar-refractivity contribution in [2.75, 3.05) is 36.9 Å². The Labute approximate surface area is 296 Å². The first-order valence-corrected chi connectivity index (χ1v) is 17.6. The summed E-state index contributed by atoms with van der Waals surface area (Å²) in [6.07, 6.45) is 1.12. The second-order valence-corrected chi connectivity index (χ2v) is 12.2. The smallest absolute Gasteiger partial charge is 0.371 e. The van der Waals surface area contributed by atoms with Gasteiger partial charge in [0.05, 0.1) is 13.1 Å². The standard InChI is InChI=1S/C33H36F4N8O2.2C2H6/c1-4-16-44-29(46)25-19-38-31(41-28(25)45(44)26-13-8-22-7-6-21(5-2)27(22)40-26)39-23-9-11-24(12-10-23)43-17-14-32(34,15-18-43)20-42(3)30(47)33(35,36)37;2*1-2/h4,8-13,19,21H,1,5-7,14-18,20H2,2-3H3,(H,38,39,41);2*1-2H3. The van der Waals surface area contributed by atoms with Crippen LogP contribution in [-0.2, 0) is 17.8 Å². The molecule has 276 valence electrons. The minimum Gasteiger partial charge on any atom is -0.371 e. The van der Waals surface area contributed by atoms with Crippen molar-refractivity contribution in [3.63, 3.8) is 0 Å². The lowest BCUT2D eigenvalue weighted by Gasteiger charge is -2.39. The number of alkyl halides is 4. The Hall–Kier alpha value is -4.75. The van der Waals surface area contributed by atoms with E-state index in [9.17, 15) is 22.8 Å². The molecule has 1 fully saturated rings. The Morgan fingerprint density at radius 3 is 2.35 bits per heavy atom. The zero-order valence-corrected chi connectivity index (χ0v) is 30.2. The Bertz CT molecular complexity index is 1860. The fourth-order valence-electron chi connectivity index (χ4n) is 6.57. The van der Waals surface area contributed by atoms with Crippen molar-refractivity contribution in [3.05, 3.63) is 76.9 Å². The minimum atomic E-state index is -5.04. The first-order valence-electron chi connectivity index (χ1n) is 17.6. The van der Waals surface area contributed by atoms with E-state index in [0.717, 1.165) is 37.7 Å². The Balaban J connectivity index is 0.00000141. The minimum absolute atomic E-state index is 0.0122. The molecule has 0 radical (unpaired) electrons. The molecule has 1 N–H and O–H groups in total. The van der Waals surface area contributed by atoms with E-state index in [0.29, 0.717) is 33.4 Å². The number of nitrogens with one attached hydrogen (secondary N) is 1. The number of hydrogen-bond donors (Lipinski definition) is 1. The number of pyridine rings is 1. The van der Waals surface area contributed by atoms with Crippen molar-refractivity contribution in [1.82, 2.24) is 29.2 Å². The number of anilines is 3. The molecule has 4 aromatic rings. The highest BCUT2D eigenvalue weighted by molar-refractivity contribution is 5.81. The van der Waals surface area contributed by atoms with Gasteiger partial charge in [-0.25, -0.2) is 23.7 Å². The van der Waals surface area contributed by atoms with E-state index in [1.54, 1.807) is 15.4 Å². The number of aromatic nitrogens is 5. The topological polar surface area (TPSA) is 101 Å². The summed E-state index contributed by atoms with van der Waals surface area (Å²) in [5.74, 6) is -0.795. The maximum Gasteiger partial charge on any atom is 0.471 e. The third-order valence-electron chi connectivity index (χ3n) is 9.09. The molecule has 3 aromatic heterocycles. The quantitative estimate of drug-likeness (QED) is 0.140. The zero-order valence-electron chi connectivity index (χ0n) is 30.2. The summed E-state index contributed by atoms with van der Waals surface area (Å²) in [6.45, 7) is 14.2. The second kappa shape index (κ2) is 16.5. The number of nitrogens with zero attached hydrogens (tertiary/aromatic N) is 7. The summed E-state index contributed by atoms with van der Waals surface area (Å²) in [4.78, 5) is 41.3. The number of fused-ring (bicyclic) bond motifs is 2. The van der Waals surface area contributed by atoms with E-state index >= 15 is 4.39 Å². The molecule has 0 spiro atoms. The van der Waals surface area contributed by atoms with Gasteiger partial charge in [-0.15, -0.1) is 6.58 Å². The Morgan fingerprint density at radius 1 is 1.08 bits per heavy atom. The molecular weight excluding hydrogens is 664 g/mol. The molecule has 14 heteroatoms. The summed E-state index contributed by atoms with van der Waals surface area (Å²) in [5.41, 5.74) is 2.05.